The second kappa shape index (κ2) is 7.22. The topological polar surface area (TPSA) is 113 Å². The molecule has 7 nitrogen and oxygen atoms in total. The number of hydrogen-bond acceptors (Lipinski definition) is 5. The number of nitrogens with two attached hydrogens (primary N) is 1. The van der Waals surface area contributed by atoms with Crippen molar-refractivity contribution in [1.82, 2.24) is 10.0 Å². The number of amides is 1. The van der Waals surface area contributed by atoms with Crippen LogP contribution in [0.25, 0.3) is 0 Å². The average Bonchev–Trinajstić information content (AvgIpc) is 2.43. The lowest BCUT2D eigenvalue weighted by atomic mass is 10.2. The van der Waals surface area contributed by atoms with Gasteiger partial charge in [-0.25, -0.2) is 13.1 Å². The molecule has 0 aliphatic rings. The van der Waals surface area contributed by atoms with E-state index in [1.807, 2.05) is 13.8 Å². The van der Waals surface area contributed by atoms with E-state index in [0.717, 1.165) is 0 Å². The molecule has 0 saturated carbocycles. The molecule has 1 rings (SSSR count). The molecular weight excluding hydrogens is 280 g/mol. The number of benzene rings is 1. The van der Waals surface area contributed by atoms with Gasteiger partial charge in [0.25, 0.3) is 0 Å². The first-order valence-corrected chi connectivity index (χ1v) is 7.66. The molecule has 0 unspecified atom stereocenters. The third-order valence-electron chi connectivity index (χ3n) is 2.46. The molecule has 0 heterocycles. The van der Waals surface area contributed by atoms with Gasteiger partial charge in [-0.1, -0.05) is 13.8 Å². The lowest BCUT2D eigenvalue weighted by Gasteiger charge is -2.09. The van der Waals surface area contributed by atoms with Crippen LogP contribution in [0.1, 0.15) is 13.8 Å². The highest BCUT2D eigenvalue weighted by Crippen LogP contribution is 2.12. The van der Waals surface area contributed by atoms with Crippen molar-refractivity contribution in [3.05, 3.63) is 24.3 Å². The molecule has 1 amide bonds. The minimum atomic E-state index is -3.70. The molecule has 0 bridgehead atoms. The zero-order valence-electron chi connectivity index (χ0n) is 11.5. The Hall–Kier alpha value is -1.64. The van der Waals surface area contributed by atoms with Gasteiger partial charge >= 0.3 is 0 Å². The number of anilines is 1. The van der Waals surface area contributed by atoms with E-state index in [4.69, 9.17) is 5.84 Å². The Labute approximate surface area is 119 Å². The van der Waals surface area contributed by atoms with Crippen LogP contribution in [-0.2, 0) is 14.8 Å². The second-order valence-corrected chi connectivity index (χ2v) is 6.46. The fourth-order valence-electron chi connectivity index (χ4n) is 1.35. The molecule has 5 N–H and O–H groups in total. The summed E-state index contributed by atoms with van der Waals surface area (Å²) in [4.78, 5) is 11.5. The van der Waals surface area contributed by atoms with Crippen LogP contribution in [0.2, 0.25) is 0 Å². The fraction of sp³-hybridized carbons (Fsp3) is 0.417. The molecule has 112 valence electrons. The number of hydrazine groups is 1. The molecule has 0 aromatic heterocycles. The second-order valence-electron chi connectivity index (χ2n) is 4.69. The fourth-order valence-corrected chi connectivity index (χ4v) is 2.34. The van der Waals surface area contributed by atoms with E-state index in [2.05, 4.69) is 15.5 Å². The van der Waals surface area contributed by atoms with Crippen LogP contribution in [0.4, 0.5) is 5.69 Å². The first kappa shape index (κ1) is 16.4. The van der Waals surface area contributed by atoms with Gasteiger partial charge in [0.05, 0.1) is 11.4 Å². The van der Waals surface area contributed by atoms with Gasteiger partial charge in [-0.3, -0.25) is 10.6 Å². The van der Waals surface area contributed by atoms with E-state index in [9.17, 15) is 13.2 Å². The smallest absolute Gasteiger partial charge is 0.241 e. The maximum absolute atomic E-state index is 11.9. The molecule has 1 aromatic carbocycles. The molecule has 0 spiro atoms. The number of carbonyl (C=O) groups is 1. The van der Waals surface area contributed by atoms with Crippen molar-refractivity contribution in [2.45, 2.75) is 18.7 Å². The van der Waals surface area contributed by atoms with E-state index < -0.39 is 10.0 Å². The SMILES string of the molecule is CC(C)CNC(=O)CNS(=O)(=O)c1ccc(NN)cc1. The molecular formula is C12H20N4O3S. The number of rotatable bonds is 7. The standard InChI is InChI=1S/C12H20N4O3S/c1-9(2)7-14-12(17)8-15-20(18,19)11-5-3-10(16-13)4-6-11/h3-6,9,15-16H,7-8,13H2,1-2H3,(H,14,17). The minimum absolute atomic E-state index is 0.0770. The quantitative estimate of drug-likeness (QED) is 0.419. The van der Waals surface area contributed by atoms with Crippen LogP contribution in [0.3, 0.4) is 0 Å². The van der Waals surface area contributed by atoms with Gasteiger partial charge in [0, 0.05) is 12.2 Å². The number of sulfonamides is 1. The van der Waals surface area contributed by atoms with Crippen LogP contribution in [-0.4, -0.2) is 27.4 Å². The maximum Gasteiger partial charge on any atom is 0.241 e. The molecule has 20 heavy (non-hydrogen) atoms. The van der Waals surface area contributed by atoms with E-state index in [-0.39, 0.29) is 17.3 Å². The van der Waals surface area contributed by atoms with E-state index in [0.29, 0.717) is 18.2 Å². The summed E-state index contributed by atoms with van der Waals surface area (Å²) in [6.07, 6.45) is 0. The Morgan fingerprint density at radius 2 is 1.85 bits per heavy atom. The molecule has 0 radical (unpaired) electrons. The Kier molecular flexibility index (Phi) is 5.93. The third-order valence-corrected chi connectivity index (χ3v) is 3.88. The van der Waals surface area contributed by atoms with Gasteiger partial charge in [-0.2, -0.15) is 0 Å². The lowest BCUT2D eigenvalue weighted by molar-refractivity contribution is -0.120. The van der Waals surface area contributed by atoms with Gasteiger partial charge in [0.1, 0.15) is 0 Å². The van der Waals surface area contributed by atoms with Crippen LogP contribution >= 0.6 is 0 Å². The Morgan fingerprint density at radius 1 is 1.25 bits per heavy atom. The Bertz CT molecular complexity index is 540. The number of hydrogen-bond donors (Lipinski definition) is 4. The predicted molar refractivity (Wildman–Crippen MR) is 77.3 cm³/mol. The van der Waals surface area contributed by atoms with Gasteiger partial charge in [0.2, 0.25) is 15.9 Å². The van der Waals surface area contributed by atoms with Crippen LogP contribution in [0.5, 0.6) is 0 Å². The molecule has 0 fully saturated rings. The largest absolute Gasteiger partial charge is 0.355 e. The molecule has 0 aliphatic carbocycles. The third kappa shape index (κ3) is 5.16. The van der Waals surface area contributed by atoms with Gasteiger partial charge in [0.15, 0.2) is 0 Å². The summed E-state index contributed by atoms with van der Waals surface area (Å²) in [7, 11) is -3.70. The summed E-state index contributed by atoms with van der Waals surface area (Å²) in [5.74, 6) is 5.15. The van der Waals surface area contributed by atoms with Gasteiger partial charge in [-0.15, -0.1) is 0 Å². The Morgan fingerprint density at radius 3 is 2.35 bits per heavy atom. The zero-order chi connectivity index (χ0) is 15.2. The summed E-state index contributed by atoms with van der Waals surface area (Å²) in [6.45, 7) is 4.14. The summed E-state index contributed by atoms with van der Waals surface area (Å²) >= 11 is 0. The molecule has 1 aromatic rings. The number of nitrogens with one attached hydrogen (secondary N) is 3. The normalized spacial score (nSPS) is 11.4. The van der Waals surface area contributed by atoms with Crippen LogP contribution < -0.4 is 21.3 Å². The van der Waals surface area contributed by atoms with Gasteiger partial charge < -0.3 is 10.7 Å². The predicted octanol–water partition coefficient (Wildman–Crippen LogP) is 0.0227. The van der Waals surface area contributed by atoms with Crippen molar-refractivity contribution < 1.29 is 13.2 Å². The monoisotopic (exact) mass is 300 g/mol. The maximum atomic E-state index is 11.9. The summed E-state index contributed by atoms with van der Waals surface area (Å²) in [5, 5.41) is 2.63. The van der Waals surface area contributed by atoms with Crippen molar-refractivity contribution in [1.29, 1.82) is 0 Å². The van der Waals surface area contributed by atoms with Crippen molar-refractivity contribution in [3.63, 3.8) is 0 Å². The summed E-state index contributed by atoms with van der Waals surface area (Å²) < 4.78 is 26.1. The highest BCUT2D eigenvalue weighted by Gasteiger charge is 2.15. The van der Waals surface area contributed by atoms with Gasteiger partial charge in [-0.05, 0) is 30.2 Å². The first-order valence-electron chi connectivity index (χ1n) is 6.18. The van der Waals surface area contributed by atoms with E-state index >= 15 is 0 Å². The number of nitrogen functional groups attached to an aromatic ring is 1. The lowest BCUT2D eigenvalue weighted by Crippen LogP contribution is -2.38. The van der Waals surface area contributed by atoms with Crippen molar-refractivity contribution >= 4 is 21.6 Å². The molecule has 0 aliphatic heterocycles. The summed E-state index contributed by atoms with van der Waals surface area (Å²) in [5.41, 5.74) is 3.00. The highest BCUT2D eigenvalue weighted by molar-refractivity contribution is 7.89. The summed E-state index contributed by atoms with van der Waals surface area (Å²) in [6, 6.07) is 5.88. The minimum Gasteiger partial charge on any atom is -0.355 e. The van der Waals surface area contributed by atoms with Crippen molar-refractivity contribution in [2.24, 2.45) is 11.8 Å². The first-order chi connectivity index (χ1) is 9.35. The van der Waals surface area contributed by atoms with Crippen molar-refractivity contribution in [3.8, 4) is 0 Å². The zero-order valence-corrected chi connectivity index (χ0v) is 12.3. The highest BCUT2D eigenvalue weighted by atomic mass is 32.2. The molecule has 8 heteroatoms. The Balaban J connectivity index is 2.58. The van der Waals surface area contributed by atoms with E-state index in [1.165, 1.54) is 24.3 Å². The average molecular weight is 300 g/mol. The van der Waals surface area contributed by atoms with Crippen LogP contribution in [0.15, 0.2) is 29.2 Å². The van der Waals surface area contributed by atoms with Crippen LogP contribution in [0, 0.1) is 5.92 Å². The van der Waals surface area contributed by atoms with Crippen molar-refractivity contribution in [2.75, 3.05) is 18.5 Å². The van der Waals surface area contributed by atoms with E-state index in [1.54, 1.807) is 0 Å². The molecule has 0 atom stereocenters. The number of carbonyl (C=O) groups excluding carboxylic acids is 1. The molecule has 0 saturated heterocycles.